The molecular formula is C16H25NO2. The predicted molar refractivity (Wildman–Crippen MR) is 75.1 cm³/mol. The molecule has 2 heterocycles. The van der Waals surface area contributed by atoms with Crippen LogP contribution in [0.2, 0.25) is 0 Å². The number of hydrogen-bond acceptors (Lipinski definition) is 3. The number of hydrogen-bond donors (Lipinski definition) is 1. The van der Waals surface area contributed by atoms with E-state index in [2.05, 4.69) is 18.3 Å². The van der Waals surface area contributed by atoms with E-state index in [0.29, 0.717) is 0 Å². The summed E-state index contributed by atoms with van der Waals surface area (Å²) in [5.41, 5.74) is 0.0509. The summed E-state index contributed by atoms with van der Waals surface area (Å²) in [6.45, 7) is 6.16. The molecule has 19 heavy (non-hydrogen) atoms. The van der Waals surface area contributed by atoms with Crippen LogP contribution < -0.4 is 5.32 Å². The lowest BCUT2D eigenvalue weighted by Crippen LogP contribution is -2.52. The summed E-state index contributed by atoms with van der Waals surface area (Å²) >= 11 is 0. The second kappa shape index (κ2) is 5.29. The van der Waals surface area contributed by atoms with Crippen LogP contribution in [0.15, 0.2) is 16.5 Å². The van der Waals surface area contributed by atoms with Crippen LogP contribution in [0.1, 0.15) is 56.7 Å². The van der Waals surface area contributed by atoms with Crippen LogP contribution in [0.25, 0.3) is 0 Å². The summed E-state index contributed by atoms with van der Waals surface area (Å²) in [6.07, 6.45) is 6.39. The maximum Gasteiger partial charge on any atom is 0.134 e. The van der Waals surface area contributed by atoms with Gasteiger partial charge in [0.15, 0.2) is 0 Å². The molecule has 1 saturated heterocycles. The molecule has 1 unspecified atom stereocenters. The lowest BCUT2D eigenvalue weighted by molar-refractivity contribution is -0.146. The number of morpholine rings is 1. The van der Waals surface area contributed by atoms with Crippen molar-refractivity contribution in [3.63, 3.8) is 0 Å². The first-order valence-corrected chi connectivity index (χ1v) is 7.66. The zero-order valence-electron chi connectivity index (χ0n) is 12.1. The van der Waals surface area contributed by atoms with Gasteiger partial charge in [-0.15, -0.1) is 0 Å². The molecule has 3 nitrogen and oxygen atoms in total. The highest BCUT2D eigenvalue weighted by molar-refractivity contribution is 5.10. The molecular weight excluding hydrogens is 238 g/mol. The van der Waals surface area contributed by atoms with Gasteiger partial charge >= 0.3 is 0 Å². The molecule has 1 N–H and O–H groups in total. The molecule has 0 aromatic carbocycles. The minimum absolute atomic E-state index is 0.0509. The van der Waals surface area contributed by atoms with E-state index in [1.165, 1.54) is 32.1 Å². The molecule has 0 radical (unpaired) electrons. The number of nitrogens with one attached hydrogen (secondary N) is 1. The highest BCUT2D eigenvalue weighted by Gasteiger charge is 2.41. The Balaban J connectivity index is 1.68. The Hall–Kier alpha value is -0.800. The fraction of sp³-hybridized carbons (Fsp3) is 0.750. The van der Waals surface area contributed by atoms with E-state index in [-0.39, 0.29) is 11.7 Å². The molecule has 2 fully saturated rings. The zero-order valence-corrected chi connectivity index (χ0v) is 12.1. The average Bonchev–Trinajstić information content (AvgIpc) is 2.87. The first-order chi connectivity index (χ1) is 9.21. The monoisotopic (exact) mass is 263 g/mol. The molecule has 1 aromatic rings. The van der Waals surface area contributed by atoms with Crippen molar-refractivity contribution in [2.24, 2.45) is 5.92 Å². The Morgan fingerprint density at radius 1 is 1.32 bits per heavy atom. The van der Waals surface area contributed by atoms with Gasteiger partial charge in [-0.3, -0.25) is 0 Å². The molecule has 106 valence electrons. The van der Waals surface area contributed by atoms with E-state index in [9.17, 15) is 0 Å². The Kier molecular flexibility index (Phi) is 3.68. The van der Waals surface area contributed by atoms with Crippen LogP contribution in [-0.4, -0.2) is 18.7 Å². The molecule has 0 bridgehead atoms. The van der Waals surface area contributed by atoms with Crippen molar-refractivity contribution in [2.75, 3.05) is 13.1 Å². The van der Waals surface area contributed by atoms with E-state index < -0.39 is 0 Å². The van der Waals surface area contributed by atoms with Crippen molar-refractivity contribution in [3.8, 4) is 0 Å². The Morgan fingerprint density at radius 2 is 2.11 bits per heavy atom. The van der Waals surface area contributed by atoms with Gasteiger partial charge in [-0.25, -0.2) is 0 Å². The van der Waals surface area contributed by atoms with Gasteiger partial charge in [-0.2, -0.15) is 0 Å². The van der Waals surface area contributed by atoms with E-state index in [1.807, 2.05) is 13.0 Å². The van der Waals surface area contributed by atoms with Crippen LogP contribution in [0, 0.1) is 12.8 Å². The quantitative estimate of drug-likeness (QED) is 0.885. The molecule has 1 atom stereocenters. The van der Waals surface area contributed by atoms with Crippen LogP contribution in [0.4, 0.5) is 0 Å². The second-order valence-corrected chi connectivity index (χ2v) is 6.22. The number of rotatable bonds is 2. The topological polar surface area (TPSA) is 34.4 Å². The van der Waals surface area contributed by atoms with E-state index in [0.717, 1.165) is 30.5 Å². The molecule has 1 saturated carbocycles. The van der Waals surface area contributed by atoms with E-state index >= 15 is 0 Å². The third-order valence-electron chi connectivity index (χ3n) is 4.84. The van der Waals surface area contributed by atoms with Gasteiger partial charge in [0.25, 0.3) is 0 Å². The van der Waals surface area contributed by atoms with Gasteiger partial charge < -0.3 is 14.5 Å². The van der Waals surface area contributed by atoms with E-state index in [4.69, 9.17) is 9.15 Å². The zero-order chi connectivity index (χ0) is 13.3. The number of furan rings is 1. The molecule has 3 heteroatoms. The summed E-state index contributed by atoms with van der Waals surface area (Å²) in [4.78, 5) is 0. The van der Waals surface area contributed by atoms with E-state index in [1.54, 1.807) is 0 Å². The SMILES string of the molecule is CCC1CCC2(CC1)CNCC(c1ccc(C)o1)O2. The summed E-state index contributed by atoms with van der Waals surface area (Å²) < 4.78 is 12.2. The summed E-state index contributed by atoms with van der Waals surface area (Å²) in [6, 6.07) is 4.08. The maximum absolute atomic E-state index is 6.45. The number of ether oxygens (including phenoxy) is 1. The predicted octanol–water partition coefficient (Wildman–Crippen LogP) is 3.59. The third kappa shape index (κ3) is 2.72. The third-order valence-corrected chi connectivity index (χ3v) is 4.84. The van der Waals surface area contributed by atoms with Crippen molar-refractivity contribution in [2.45, 2.75) is 57.7 Å². The van der Waals surface area contributed by atoms with Crippen molar-refractivity contribution in [3.05, 3.63) is 23.7 Å². The van der Waals surface area contributed by atoms with Crippen molar-refractivity contribution >= 4 is 0 Å². The van der Waals surface area contributed by atoms with Crippen LogP contribution in [0.3, 0.4) is 0 Å². The summed E-state index contributed by atoms with van der Waals surface area (Å²) in [5, 5.41) is 3.55. The van der Waals surface area contributed by atoms with Gasteiger partial charge in [0.2, 0.25) is 0 Å². The molecule has 1 aromatic heterocycles. The molecule has 3 rings (SSSR count). The first kappa shape index (κ1) is 13.2. The van der Waals surface area contributed by atoms with Crippen LogP contribution in [-0.2, 0) is 4.74 Å². The molecule has 1 aliphatic heterocycles. The molecule has 1 aliphatic carbocycles. The molecule has 2 aliphatic rings. The Bertz CT molecular complexity index is 418. The fourth-order valence-electron chi connectivity index (χ4n) is 3.51. The van der Waals surface area contributed by atoms with Gasteiger partial charge in [-0.1, -0.05) is 13.3 Å². The Labute approximate surface area is 115 Å². The van der Waals surface area contributed by atoms with Gasteiger partial charge in [0, 0.05) is 13.1 Å². The minimum atomic E-state index is 0.0509. The average molecular weight is 263 g/mol. The Morgan fingerprint density at radius 3 is 2.74 bits per heavy atom. The standard InChI is InChI=1S/C16H25NO2/c1-3-13-6-8-16(9-7-13)11-17-10-15(19-16)14-5-4-12(2)18-14/h4-5,13,15,17H,3,6-11H2,1-2H3. The normalized spacial score (nSPS) is 35.7. The first-order valence-electron chi connectivity index (χ1n) is 7.66. The lowest BCUT2D eigenvalue weighted by atomic mass is 9.77. The van der Waals surface area contributed by atoms with Crippen LogP contribution >= 0.6 is 0 Å². The molecule has 0 amide bonds. The van der Waals surface area contributed by atoms with Crippen molar-refractivity contribution < 1.29 is 9.15 Å². The fourth-order valence-corrected chi connectivity index (χ4v) is 3.51. The lowest BCUT2D eigenvalue weighted by Gasteiger charge is -2.45. The largest absolute Gasteiger partial charge is 0.464 e. The minimum Gasteiger partial charge on any atom is -0.464 e. The van der Waals surface area contributed by atoms with Crippen molar-refractivity contribution in [1.82, 2.24) is 5.32 Å². The van der Waals surface area contributed by atoms with Gasteiger partial charge in [-0.05, 0) is 50.7 Å². The van der Waals surface area contributed by atoms with Crippen molar-refractivity contribution in [1.29, 1.82) is 0 Å². The smallest absolute Gasteiger partial charge is 0.134 e. The van der Waals surface area contributed by atoms with Gasteiger partial charge in [0.05, 0.1) is 5.60 Å². The van der Waals surface area contributed by atoms with Gasteiger partial charge in [0.1, 0.15) is 17.6 Å². The summed E-state index contributed by atoms with van der Waals surface area (Å²) in [7, 11) is 0. The van der Waals surface area contributed by atoms with Crippen LogP contribution in [0.5, 0.6) is 0 Å². The second-order valence-electron chi connectivity index (χ2n) is 6.22. The maximum atomic E-state index is 6.45. The highest BCUT2D eigenvalue weighted by atomic mass is 16.5. The summed E-state index contributed by atoms with van der Waals surface area (Å²) in [5.74, 6) is 2.84. The molecule has 1 spiro atoms. The number of aryl methyl sites for hydroxylation is 1. The highest BCUT2D eigenvalue weighted by Crippen LogP contribution is 2.40.